The van der Waals surface area contributed by atoms with E-state index in [4.69, 9.17) is 4.74 Å². The van der Waals surface area contributed by atoms with Gasteiger partial charge in [0.2, 0.25) is 5.88 Å². The van der Waals surface area contributed by atoms with Crippen LogP contribution in [-0.4, -0.2) is 16.1 Å². The third kappa shape index (κ3) is 3.73. The summed E-state index contributed by atoms with van der Waals surface area (Å²) in [7, 11) is 0. The molecule has 0 aliphatic heterocycles. The number of carbonyl (C=O) groups is 1. The van der Waals surface area contributed by atoms with E-state index < -0.39 is 0 Å². The van der Waals surface area contributed by atoms with Crippen LogP contribution in [0.5, 0.6) is 11.6 Å². The van der Waals surface area contributed by atoms with Gasteiger partial charge in [-0.25, -0.2) is 4.39 Å². The first-order chi connectivity index (χ1) is 11.6. The molecule has 0 fully saturated rings. The van der Waals surface area contributed by atoms with Crippen molar-refractivity contribution in [2.45, 2.75) is 6.92 Å². The summed E-state index contributed by atoms with van der Waals surface area (Å²) in [4.78, 5) is 12.1. The number of ether oxygens (including phenoxy) is 1. The van der Waals surface area contributed by atoms with Gasteiger partial charge >= 0.3 is 0 Å². The topological polar surface area (TPSA) is 64.1 Å². The highest BCUT2D eigenvalue weighted by molar-refractivity contribution is 6.02. The molecule has 1 heterocycles. The average Bonchev–Trinajstić information content (AvgIpc) is 2.60. The van der Waals surface area contributed by atoms with E-state index in [0.717, 1.165) is 0 Å². The number of para-hydroxylation sites is 1. The van der Waals surface area contributed by atoms with E-state index in [1.165, 1.54) is 24.3 Å². The third-order valence-corrected chi connectivity index (χ3v) is 3.26. The number of rotatable bonds is 4. The molecule has 3 rings (SSSR count). The molecule has 0 aliphatic carbocycles. The van der Waals surface area contributed by atoms with E-state index in [1.807, 2.05) is 18.2 Å². The first-order valence-corrected chi connectivity index (χ1v) is 7.26. The summed E-state index contributed by atoms with van der Waals surface area (Å²) in [6.07, 6.45) is 0. The van der Waals surface area contributed by atoms with E-state index in [9.17, 15) is 9.18 Å². The number of nitrogens with one attached hydrogen (secondary N) is 1. The number of amides is 1. The third-order valence-electron chi connectivity index (χ3n) is 3.26. The second-order valence-electron chi connectivity index (χ2n) is 5.09. The molecule has 120 valence electrons. The number of carbonyl (C=O) groups excluding carboxylic acids is 1. The molecule has 1 amide bonds. The second kappa shape index (κ2) is 6.87. The quantitative estimate of drug-likeness (QED) is 0.789. The zero-order valence-corrected chi connectivity index (χ0v) is 12.9. The first-order valence-electron chi connectivity index (χ1n) is 7.26. The second-order valence-corrected chi connectivity index (χ2v) is 5.09. The van der Waals surface area contributed by atoms with E-state index in [0.29, 0.717) is 17.0 Å². The standard InChI is InChI=1S/C18H14FN3O2/c1-12-11-14(7-8-15(12)19)24-17-10-9-16(21-22-17)18(23)20-13-5-3-2-4-6-13/h2-11H,1H3,(H,20,23). The van der Waals surface area contributed by atoms with Crippen LogP contribution in [0.1, 0.15) is 16.1 Å². The Morgan fingerprint density at radius 3 is 2.50 bits per heavy atom. The summed E-state index contributed by atoms with van der Waals surface area (Å²) < 4.78 is 18.7. The Morgan fingerprint density at radius 1 is 1.04 bits per heavy atom. The Hall–Kier alpha value is -3.28. The Morgan fingerprint density at radius 2 is 1.83 bits per heavy atom. The van der Waals surface area contributed by atoms with Crippen LogP contribution in [0.2, 0.25) is 0 Å². The summed E-state index contributed by atoms with van der Waals surface area (Å²) in [6.45, 7) is 1.64. The molecule has 5 nitrogen and oxygen atoms in total. The number of hydrogen-bond donors (Lipinski definition) is 1. The van der Waals surface area contributed by atoms with E-state index in [-0.39, 0.29) is 23.3 Å². The molecule has 0 aliphatic rings. The molecule has 1 aromatic heterocycles. The molecule has 0 atom stereocenters. The zero-order valence-electron chi connectivity index (χ0n) is 12.9. The summed E-state index contributed by atoms with van der Waals surface area (Å²) in [5.41, 5.74) is 1.31. The monoisotopic (exact) mass is 323 g/mol. The predicted molar refractivity (Wildman–Crippen MR) is 87.6 cm³/mol. The molecule has 0 saturated heterocycles. The average molecular weight is 323 g/mol. The van der Waals surface area contributed by atoms with Gasteiger partial charge in [-0.1, -0.05) is 18.2 Å². The number of hydrogen-bond acceptors (Lipinski definition) is 4. The molecule has 6 heteroatoms. The normalized spacial score (nSPS) is 10.2. The Balaban J connectivity index is 1.68. The summed E-state index contributed by atoms with van der Waals surface area (Å²) >= 11 is 0. The van der Waals surface area contributed by atoms with Gasteiger partial charge in [0.15, 0.2) is 5.69 Å². The molecular weight excluding hydrogens is 309 g/mol. The molecule has 0 radical (unpaired) electrons. The van der Waals surface area contributed by atoms with Crippen molar-refractivity contribution in [3.05, 3.63) is 77.7 Å². The van der Waals surface area contributed by atoms with Gasteiger partial charge in [0, 0.05) is 11.8 Å². The maximum atomic E-state index is 13.2. The number of nitrogens with zero attached hydrogens (tertiary/aromatic N) is 2. The van der Waals surface area contributed by atoms with Crippen LogP contribution in [0.3, 0.4) is 0 Å². The predicted octanol–water partition coefficient (Wildman–Crippen LogP) is 3.97. The van der Waals surface area contributed by atoms with Gasteiger partial charge in [0.1, 0.15) is 11.6 Å². The van der Waals surface area contributed by atoms with Gasteiger partial charge in [0.25, 0.3) is 5.91 Å². The fraction of sp³-hybridized carbons (Fsp3) is 0.0556. The maximum absolute atomic E-state index is 13.2. The van der Waals surface area contributed by atoms with E-state index >= 15 is 0 Å². The van der Waals surface area contributed by atoms with E-state index in [1.54, 1.807) is 25.1 Å². The van der Waals surface area contributed by atoms with Crippen molar-refractivity contribution in [3.63, 3.8) is 0 Å². The summed E-state index contributed by atoms with van der Waals surface area (Å²) in [6, 6.07) is 16.5. The van der Waals surface area contributed by atoms with Crippen molar-refractivity contribution in [3.8, 4) is 11.6 Å². The zero-order chi connectivity index (χ0) is 16.9. The fourth-order valence-corrected chi connectivity index (χ4v) is 2.01. The van der Waals surface area contributed by atoms with Crippen molar-refractivity contribution in [2.24, 2.45) is 0 Å². The highest BCUT2D eigenvalue weighted by Crippen LogP contribution is 2.21. The number of anilines is 1. The minimum absolute atomic E-state index is 0.168. The molecular formula is C18H14FN3O2. The summed E-state index contributed by atoms with van der Waals surface area (Å²) in [5.74, 6) is 0.00111. The highest BCUT2D eigenvalue weighted by atomic mass is 19.1. The molecule has 2 aromatic carbocycles. The Kier molecular flexibility index (Phi) is 4.47. The van der Waals surface area contributed by atoms with Crippen molar-refractivity contribution in [1.82, 2.24) is 10.2 Å². The van der Waals surface area contributed by atoms with Gasteiger partial charge in [0.05, 0.1) is 0 Å². The maximum Gasteiger partial charge on any atom is 0.276 e. The van der Waals surface area contributed by atoms with Gasteiger partial charge in [-0.2, -0.15) is 0 Å². The first kappa shape index (κ1) is 15.6. The van der Waals surface area contributed by atoms with Crippen LogP contribution in [-0.2, 0) is 0 Å². The molecule has 0 saturated carbocycles. The largest absolute Gasteiger partial charge is 0.438 e. The number of aromatic nitrogens is 2. The van der Waals surface area contributed by atoms with Crippen molar-refractivity contribution in [1.29, 1.82) is 0 Å². The number of halogens is 1. The van der Waals surface area contributed by atoms with Crippen molar-refractivity contribution >= 4 is 11.6 Å². The van der Waals surface area contributed by atoms with Gasteiger partial charge in [-0.3, -0.25) is 4.79 Å². The van der Waals surface area contributed by atoms with Crippen LogP contribution >= 0.6 is 0 Å². The van der Waals surface area contributed by atoms with Crippen molar-refractivity contribution < 1.29 is 13.9 Å². The molecule has 0 bridgehead atoms. The van der Waals surface area contributed by atoms with Gasteiger partial charge in [-0.05, 0) is 48.9 Å². The fourth-order valence-electron chi connectivity index (χ4n) is 2.01. The minimum Gasteiger partial charge on any atom is -0.438 e. The molecule has 1 N–H and O–H groups in total. The van der Waals surface area contributed by atoms with E-state index in [2.05, 4.69) is 15.5 Å². The lowest BCUT2D eigenvalue weighted by Gasteiger charge is -2.07. The number of aryl methyl sites for hydroxylation is 1. The lowest BCUT2D eigenvalue weighted by molar-refractivity contribution is 0.102. The smallest absolute Gasteiger partial charge is 0.276 e. The molecule has 24 heavy (non-hydrogen) atoms. The van der Waals surface area contributed by atoms with Gasteiger partial charge < -0.3 is 10.1 Å². The Labute approximate surface area is 138 Å². The molecule has 3 aromatic rings. The molecule has 0 unspecified atom stereocenters. The van der Waals surface area contributed by atoms with Crippen LogP contribution in [0.4, 0.5) is 10.1 Å². The minimum atomic E-state index is -0.363. The number of benzene rings is 2. The van der Waals surface area contributed by atoms with Crippen LogP contribution in [0.25, 0.3) is 0 Å². The van der Waals surface area contributed by atoms with Gasteiger partial charge in [-0.15, -0.1) is 10.2 Å². The molecule has 0 spiro atoms. The lowest BCUT2D eigenvalue weighted by atomic mass is 10.2. The van der Waals surface area contributed by atoms with Crippen LogP contribution in [0, 0.1) is 12.7 Å². The lowest BCUT2D eigenvalue weighted by Crippen LogP contribution is -2.14. The highest BCUT2D eigenvalue weighted by Gasteiger charge is 2.09. The van der Waals surface area contributed by atoms with Crippen LogP contribution < -0.4 is 10.1 Å². The van der Waals surface area contributed by atoms with Crippen molar-refractivity contribution in [2.75, 3.05) is 5.32 Å². The SMILES string of the molecule is Cc1cc(Oc2ccc(C(=O)Nc3ccccc3)nn2)ccc1F. The summed E-state index contributed by atoms with van der Waals surface area (Å²) in [5, 5.41) is 10.4. The van der Waals surface area contributed by atoms with Crippen LogP contribution in [0.15, 0.2) is 60.7 Å². The Bertz CT molecular complexity index is 852.